The molecule has 1 unspecified atom stereocenters. The van der Waals surface area contributed by atoms with Crippen molar-refractivity contribution in [1.29, 1.82) is 0 Å². The second kappa shape index (κ2) is 9.59. The second-order valence-electron chi connectivity index (χ2n) is 5.87. The Labute approximate surface area is 147 Å². The highest BCUT2D eigenvalue weighted by molar-refractivity contribution is 5.90. The number of carbonyl (C=O) groups is 2. The van der Waals surface area contributed by atoms with Crippen LogP contribution < -0.4 is 5.32 Å². The van der Waals surface area contributed by atoms with Gasteiger partial charge in [-0.2, -0.15) is 0 Å². The highest BCUT2D eigenvalue weighted by atomic mass is 16.5. The first-order valence-electron chi connectivity index (χ1n) is 8.30. The van der Waals surface area contributed by atoms with Crippen molar-refractivity contribution < 1.29 is 19.4 Å². The lowest BCUT2D eigenvalue weighted by Crippen LogP contribution is -2.12. The Morgan fingerprint density at radius 2 is 1.76 bits per heavy atom. The van der Waals surface area contributed by atoms with Gasteiger partial charge in [0.1, 0.15) is 0 Å². The summed E-state index contributed by atoms with van der Waals surface area (Å²) < 4.78 is 5.55. The van der Waals surface area contributed by atoms with Crippen LogP contribution in [0.25, 0.3) is 0 Å². The van der Waals surface area contributed by atoms with Gasteiger partial charge in [-0.15, -0.1) is 0 Å². The molecule has 0 spiro atoms. The van der Waals surface area contributed by atoms with Crippen molar-refractivity contribution in [2.75, 3.05) is 11.9 Å². The lowest BCUT2D eigenvalue weighted by molar-refractivity contribution is -0.138. The molecule has 1 amide bonds. The number of rotatable bonds is 9. The van der Waals surface area contributed by atoms with Gasteiger partial charge in [0.15, 0.2) is 0 Å². The summed E-state index contributed by atoms with van der Waals surface area (Å²) in [6, 6.07) is 16.8. The van der Waals surface area contributed by atoms with Crippen LogP contribution in [0.4, 0.5) is 5.69 Å². The van der Waals surface area contributed by atoms with E-state index < -0.39 is 11.9 Å². The van der Waals surface area contributed by atoms with Crippen molar-refractivity contribution in [1.82, 2.24) is 0 Å². The molecule has 2 rings (SSSR count). The molecule has 0 aromatic heterocycles. The molecule has 2 aromatic carbocycles. The van der Waals surface area contributed by atoms with Crippen LogP contribution in [0, 0.1) is 0 Å². The molecule has 2 aromatic rings. The predicted octanol–water partition coefficient (Wildman–Crippen LogP) is 3.81. The maximum Gasteiger partial charge on any atom is 0.310 e. The van der Waals surface area contributed by atoms with Crippen LogP contribution in [0.1, 0.15) is 36.8 Å². The summed E-state index contributed by atoms with van der Waals surface area (Å²) >= 11 is 0. The number of carbonyl (C=O) groups excluding carboxylic acids is 1. The highest BCUT2D eigenvalue weighted by Crippen LogP contribution is 2.18. The van der Waals surface area contributed by atoms with Crippen molar-refractivity contribution in [3.05, 3.63) is 65.7 Å². The van der Waals surface area contributed by atoms with Gasteiger partial charge in [0.2, 0.25) is 5.91 Å². The smallest absolute Gasteiger partial charge is 0.310 e. The zero-order valence-electron chi connectivity index (χ0n) is 14.3. The van der Waals surface area contributed by atoms with Gasteiger partial charge in [-0.05, 0) is 36.6 Å². The third-order valence-electron chi connectivity index (χ3n) is 3.87. The molecule has 1 atom stereocenters. The topological polar surface area (TPSA) is 75.6 Å². The molecule has 0 aliphatic heterocycles. The van der Waals surface area contributed by atoms with Gasteiger partial charge in [0.25, 0.3) is 0 Å². The molecule has 0 aliphatic rings. The zero-order valence-corrected chi connectivity index (χ0v) is 14.3. The van der Waals surface area contributed by atoms with Gasteiger partial charge in [-0.25, -0.2) is 0 Å². The summed E-state index contributed by atoms with van der Waals surface area (Å²) in [7, 11) is 0. The Bertz CT molecular complexity index is 683. The van der Waals surface area contributed by atoms with E-state index in [0.29, 0.717) is 37.3 Å². The largest absolute Gasteiger partial charge is 0.481 e. The summed E-state index contributed by atoms with van der Waals surface area (Å²) in [6.45, 7) is 2.70. The van der Waals surface area contributed by atoms with Crippen molar-refractivity contribution in [3.8, 4) is 0 Å². The van der Waals surface area contributed by atoms with Crippen LogP contribution in [0.3, 0.4) is 0 Å². The van der Waals surface area contributed by atoms with E-state index in [1.54, 1.807) is 31.2 Å². The second-order valence-corrected chi connectivity index (χ2v) is 5.87. The molecule has 5 heteroatoms. The average molecular weight is 341 g/mol. The number of nitrogens with one attached hydrogen (secondary N) is 1. The number of carboxylic acids is 1. The Hall–Kier alpha value is -2.66. The van der Waals surface area contributed by atoms with Crippen molar-refractivity contribution in [2.45, 2.75) is 32.3 Å². The van der Waals surface area contributed by atoms with Gasteiger partial charge in [-0.1, -0.05) is 42.5 Å². The Morgan fingerprint density at radius 3 is 2.40 bits per heavy atom. The fraction of sp³-hybridized carbons (Fsp3) is 0.300. The lowest BCUT2D eigenvalue weighted by Gasteiger charge is -2.09. The monoisotopic (exact) mass is 341 g/mol. The number of hydrogen-bond acceptors (Lipinski definition) is 3. The Morgan fingerprint density at radius 1 is 1.08 bits per heavy atom. The highest BCUT2D eigenvalue weighted by Gasteiger charge is 2.13. The summed E-state index contributed by atoms with van der Waals surface area (Å²) in [4.78, 5) is 22.9. The van der Waals surface area contributed by atoms with E-state index in [-0.39, 0.29) is 5.91 Å². The number of hydrogen-bond donors (Lipinski definition) is 2. The number of carboxylic acid groups (broad SMARTS) is 1. The van der Waals surface area contributed by atoms with E-state index in [2.05, 4.69) is 5.32 Å². The number of amides is 1. The first kappa shape index (κ1) is 18.7. The van der Waals surface area contributed by atoms with E-state index in [1.807, 2.05) is 30.3 Å². The fourth-order valence-electron chi connectivity index (χ4n) is 2.32. The molecule has 0 aliphatic carbocycles. The standard InChI is InChI=1S/C20H23NO4/c1-15(20(23)24)17-9-11-18(12-10-17)21-19(22)8-5-13-25-14-16-6-3-2-4-7-16/h2-4,6-7,9-12,15H,5,8,13-14H2,1H3,(H,21,22)(H,23,24). The Kier molecular flexibility index (Phi) is 7.16. The zero-order chi connectivity index (χ0) is 18.1. The third-order valence-corrected chi connectivity index (χ3v) is 3.87. The Balaban J connectivity index is 1.67. The third kappa shape index (κ3) is 6.39. The number of ether oxygens (including phenoxy) is 1. The van der Waals surface area contributed by atoms with Gasteiger partial charge >= 0.3 is 5.97 Å². The maximum absolute atomic E-state index is 11.9. The average Bonchev–Trinajstić information content (AvgIpc) is 2.62. The molecule has 2 N–H and O–H groups in total. The first-order chi connectivity index (χ1) is 12.1. The minimum absolute atomic E-state index is 0.0812. The molecule has 0 saturated carbocycles. The van der Waals surface area contributed by atoms with Crippen LogP contribution in [0.2, 0.25) is 0 Å². The molecule has 132 valence electrons. The van der Waals surface area contributed by atoms with E-state index >= 15 is 0 Å². The van der Waals surface area contributed by atoms with Crippen LogP contribution in [0.15, 0.2) is 54.6 Å². The molecule has 0 heterocycles. The van der Waals surface area contributed by atoms with Crippen molar-refractivity contribution >= 4 is 17.6 Å². The maximum atomic E-state index is 11.9. The normalized spacial score (nSPS) is 11.7. The summed E-state index contributed by atoms with van der Waals surface area (Å²) in [5, 5.41) is 11.8. The van der Waals surface area contributed by atoms with Crippen LogP contribution in [-0.4, -0.2) is 23.6 Å². The van der Waals surface area contributed by atoms with Crippen molar-refractivity contribution in [2.24, 2.45) is 0 Å². The minimum Gasteiger partial charge on any atom is -0.481 e. The molecule has 25 heavy (non-hydrogen) atoms. The fourth-order valence-corrected chi connectivity index (χ4v) is 2.32. The minimum atomic E-state index is -0.868. The number of anilines is 1. The molecular formula is C20H23NO4. The molecule has 0 radical (unpaired) electrons. The number of aliphatic carboxylic acids is 1. The van der Waals surface area contributed by atoms with E-state index in [1.165, 1.54) is 0 Å². The van der Waals surface area contributed by atoms with Crippen LogP contribution in [-0.2, 0) is 20.9 Å². The number of benzene rings is 2. The summed E-state index contributed by atoms with van der Waals surface area (Å²) in [6.07, 6.45) is 1.02. The molecule has 0 fully saturated rings. The van der Waals surface area contributed by atoms with Gasteiger partial charge < -0.3 is 15.2 Å². The van der Waals surface area contributed by atoms with Crippen molar-refractivity contribution in [3.63, 3.8) is 0 Å². The predicted molar refractivity (Wildman–Crippen MR) is 96.5 cm³/mol. The van der Waals surface area contributed by atoms with E-state index in [0.717, 1.165) is 5.56 Å². The SMILES string of the molecule is CC(C(=O)O)c1ccc(NC(=O)CCCOCc2ccccc2)cc1. The van der Waals surface area contributed by atoms with Crippen LogP contribution >= 0.6 is 0 Å². The quantitative estimate of drug-likeness (QED) is 0.680. The molecule has 0 bridgehead atoms. The lowest BCUT2D eigenvalue weighted by atomic mass is 10.0. The first-order valence-corrected chi connectivity index (χ1v) is 8.30. The van der Waals surface area contributed by atoms with E-state index in [4.69, 9.17) is 9.84 Å². The molecule has 5 nitrogen and oxygen atoms in total. The van der Waals surface area contributed by atoms with E-state index in [9.17, 15) is 9.59 Å². The van der Waals surface area contributed by atoms with Gasteiger partial charge in [-0.3, -0.25) is 9.59 Å². The van der Waals surface area contributed by atoms with Crippen LogP contribution in [0.5, 0.6) is 0 Å². The summed E-state index contributed by atoms with van der Waals surface area (Å²) in [5.41, 5.74) is 2.49. The molecular weight excluding hydrogens is 318 g/mol. The molecule has 0 saturated heterocycles. The van der Waals surface area contributed by atoms with Gasteiger partial charge in [0, 0.05) is 18.7 Å². The summed E-state index contributed by atoms with van der Waals surface area (Å²) in [5.74, 6) is -1.51. The van der Waals surface area contributed by atoms with Gasteiger partial charge in [0.05, 0.1) is 12.5 Å².